The van der Waals surface area contributed by atoms with Crippen molar-refractivity contribution in [3.05, 3.63) is 87.9 Å². The first-order valence-electron chi connectivity index (χ1n) is 14.8. The Morgan fingerprint density at radius 2 is 1.12 bits per heavy atom. The summed E-state index contributed by atoms with van der Waals surface area (Å²) in [5, 5.41) is 11.4. The van der Waals surface area contributed by atoms with Gasteiger partial charge in [0.05, 0.1) is 28.7 Å². The second-order valence-electron chi connectivity index (χ2n) is 11.3. The first kappa shape index (κ1) is 32.1. The van der Waals surface area contributed by atoms with Gasteiger partial charge in [-0.25, -0.2) is 9.78 Å². The van der Waals surface area contributed by atoms with Gasteiger partial charge in [0.15, 0.2) is 12.4 Å². The van der Waals surface area contributed by atoms with E-state index in [1.54, 1.807) is 0 Å². The molecule has 2 aliphatic rings. The van der Waals surface area contributed by atoms with Crippen molar-refractivity contribution in [2.45, 2.75) is 0 Å². The van der Waals surface area contributed by atoms with Crippen LogP contribution in [0.3, 0.4) is 0 Å². The maximum absolute atomic E-state index is 11.4. The van der Waals surface area contributed by atoms with Gasteiger partial charge >= 0.3 is 23.0 Å². The molecule has 0 aliphatic carbocycles. The van der Waals surface area contributed by atoms with Gasteiger partial charge in [-0.1, -0.05) is 108 Å². The third kappa shape index (κ3) is 4.83. The molecular formula is C35H18Cl3CuN8O3+. The fourth-order valence-corrected chi connectivity index (χ4v) is 7.11. The van der Waals surface area contributed by atoms with Crippen LogP contribution in [0, 0.1) is 0 Å². The van der Waals surface area contributed by atoms with Gasteiger partial charge in [-0.3, -0.25) is 4.57 Å². The zero-order valence-corrected chi connectivity index (χ0v) is 28.6. The number of halogens is 3. The molecule has 0 saturated carbocycles. The van der Waals surface area contributed by atoms with Gasteiger partial charge in [0.2, 0.25) is 0 Å². The third-order valence-corrected chi connectivity index (χ3v) is 9.61. The van der Waals surface area contributed by atoms with Crippen LogP contribution in [0.4, 0.5) is 0 Å². The number of hydrogen-bond acceptors (Lipinski definition) is 7. The molecule has 0 spiro atoms. The van der Waals surface area contributed by atoms with Crippen LogP contribution in [0.1, 0.15) is 0 Å². The molecule has 50 heavy (non-hydrogen) atoms. The third-order valence-electron chi connectivity index (χ3n) is 8.41. The van der Waals surface area contributed by atoms with Crippen LogP contribution in [0.15, 0.2) is 72.8 Å². The minimum absolute atomic E-state index is 0. The summed E-state index contributed by atoms with van der Waals surface area (Å²) in [6, 6.07) is 23.1. The van der Waals surface area contributed by atoms with E-state index >= 15 is 0 Å². The number of rotatable bonds is 3. The molecule has 0 unspecified atom stereocenters. The van der Waals surface area contributed by atoms with Crippen molar-refractivity contribution in [1.29, 1.82) is 0 Å². The Morgan fingerprint density at radius 3 is 1.72 bits per heavy atom. The van der Waals surface area contributed by atoms with Gasteiger partial charge in [-0.05, 0) is 10.8 Å². The van der Waals surface area contributed by atoms with Crippen LogP contribution in [0.25, 0.3) is 89.7 Å². The largest absolute Gasteiger partial charge is 2.00 e. The number of carboxylic acids is 1. The van der Waals surface area contributed by atoms with Crippen molar-refractivity contribution in [3.63, 3.8) is 0 Å². The second-order valence-corrected chi connectivity index (χ2v) is 12.4. The summed E-state index contributed by atoms with van der Waals surface area (Å²) in [6.07, 6.45) is 0. The molecule has 7 aromatic rings. The first-order valence-corrected chi connectivity index (χ1v) is 16.0. The van der Waals surface area contributed by atoms with E-state index < -0.39 is 12.6 Å². The van der Waals surface area contributed by atoms with Crippen LogP contribution >= 0.6 is 34.8 Å². The van der Waals surface area contributed by atoms with E-state index in [0.29, 0.717) is 45.5 Å². The molecule has 0 amide bonds. The number of aromatic nitrogens is 8. The van der Waals surface area contributed by atoms with Gasteiger partial charge in [-0.15, -0.1) is 0 Å². The van der Waals surface area contributed by atoms with E-state index in [9.17, 15) is 9.90 Å². The Balaban J connectivity index is 0.00000361. The van der Waals surface area contributed by atoms with Gasteiger partial charge in [0.25, 0.3) is 0 Å². The molecule has 2 aliphatic heterocycles. The number of carboxylic acid groups (broad SMARTS) is 1. The summed E-state index contributed by atoms with van der Waals surface area (Å²) in [5.74, 6) is 0.531. The number of aliphatic carboxylic acids is 1. The van der Waals surface area contributed by atoms with E-state index in [1.165, 1.54) is 0 Å². The number of fused-ring (bicyclic) bond motifs is 20. The Bertz CT molecular complexity index is 2790. The summed E-state index contributed by atoms with van der Waals surface area (Å²) in [5.41, 5.74) is 4.34. The van der Waals surface area contributed by atoms with Crippen LogP contribution in [0.2, 0.25) is 15.1 Å². The van der Waals surface area contributed by atoms with Crippen LogP contribution in [-0.2, 0) is 28.9 Å². The van der Waals surface area contributed by atoms with E-state index in [4.69, 9.17) is 74.4 Å². The van der Waals surface area contributed by atoms with Crippen LogP contribution in [-0.4, -0.2) is 42.6 Å². The van der Waals surface area contributed by atoms with Gasteiger partial charge in [-0.2, -0.15) is 0 Å². The number of carbonyl (C=O) groups is 1. The Hall–Kier alpha value is -5.10. The molecule has 1 radical (unpaired) electrons. The number of ether oxygens (including phenoxy) is 1. The average molecular weight is 768 g/mol. The Labute approximate surface area is 307 Å². The molecule has 8 bridgehead atoms. The Morgan fingerprint density at radius 1 is 0.660 bits per heavy atom. The molecule has 0 fully saturated rings. The maximum Gasteiger partial charge on any atom is 2.00 e. The first-order chi connectivity index (χ1) is 23.8. The standard InChI is InChI=1S/C35H19Cl3N8O3.Cu/c1-46-34-19-12-6-7-13-20(19)35(46)45-33-23-22(24(36)26(38)27(25(23)37)49-14-21(47)48)32(43-33)42-30-16-9-3-2-8-15(16)28(40-30)39-29-17-10-4-5-11-18(17)31(41-29)44-34;/h2-13H,14H2,1H3,(H2,39,40,41,42,43,44,45,47,48);/q;+2/p-1. The SMILES string of the molecule is C[n+]1c2nc3[n-]c(nc4nc(nc5[n-]c(nc1-c1ccccc1-2)c1c(Cl)c(OCC(=O)O)c(Cl)c(Cl)c51)-c1ccccc1-4)c1ccccc31.[Cu+2]. The van der Waals surface area contributed by atoms with Gasteiger partial charge in [0, 0.05) is 55.6 Å². The predicted molar refractivity (Wildman–Crippen MR) is 186 cm³/mol. The molecule has 3 aromatic heterocycles. The molecule has 0 atom stereocenters. The monoisotopic (exact) mass is 766 g/mol. The second kappa shape index (κ2) is 12.0. The molecule has 9 rings (SSSR count). The van der Waals surface area contributed by atoms with Crippen molar-refractivity contribution in [2.24, 2.45) is 7.05 Å². The van der Waals surface area contributed by atoms with E-state index in [-0.39, 0.29) is 54.6 Å². The molecule has 4 aromatic carbocycles. The van der Waals surface area contributed by atoms with E-state index in [2.05, 4.69) is 0 Å². The quantitative estimate of drug-likeness (QED) is 0.114. The van der Waals surface area contributed by atoms with Crippen molar-refractivity contribution < 1.29 is 36.3 Å². The number of nitrogens with zero attached hydrogens (tertiary/aromatic N) is 8. The molecule has 247 valence electrons. The molecular weight excluding hydrogens is 750 g/mol. The van der Waals surface area contributed by atoms with Crippen molar-refractivity contribution in [2.75, 3.05) is 6.61 Å². The topological polar surface area (TPSA) is 143 Å². The minimum Gasteiger partial charge on any atom is -0.479 e. The summed E-state index contributed by atoms with van der Waals surface area (Å²) in [7, 11) is 1.85. The van der Waals surface area contributed by atoms with E-state index in [1.807, 2.05) is 84.4 Å². The normalized spacial score (nSPS) is 11.7. The zero-order chi connectivity index (χ0) is 33.6. The predicted octanol–water partition coefficient (Wildman–Crippen LogP) is 6.98. The summed E-state index contributed by atoms with van der Waals surface area (Å²) >= 11 is 20.5. The average Bonchev–Trinajstić information content (AvgIpc) is 3.82. The Kier molecular flexibility index (Phi) is 7.74. The van der Waals surface area contributed by atoms with Crippen molar-refractivity contribution >= 4 is 84.9 Å². The van der Waals surface area contributed by atoms with Crippen LogP contribution in [0.5, 0.6) is 5.75 Å². The van der Waals surface area contributed by atoms with E-state index in [0.717, 1.165) is 27.5 Å². The van der Waals surface area contributed by atoms with Crippen molar-refractivity contribution in [1.82, 2.24) is 34.9 Å². The summed E-state index contributed by atoms with van der Waals surface area (Å²) in [4.78, 5) is 45.9. The minimum atomic E-state index is -1.22. The smallest absolute Gasteiger partial charge is 0.479 e. The molecule has 1 N–H and O–H groups in total. The summed E-state index contributed by atoms with van der Waals surface area (Å²) in [6.45, 7) is -0.700. The van der Waals surface area contributed by atoms with Crippen molar-refractivity contribution in [3.8, 4) is 51.3 Å². The molecule has 15 heteroatoms. The maximum atomic E-state index is 11.4. The van der Waals surface area contributed by atoms with Gasteiger partial charge in [0.1, 0.15) is 16.7 Å². The number of benzene rings is 4. The van der Waals surface area contributed by atoms with Crippen LogP contribution < -0.4 is 19.3 Å². The summed E-state index contributed by atoms with van der Waals surface area (Å²) < 4.78 is 7.36. The molecule has 0 saturated heterocycles. The fraction of sp³-hybridized carbons (Fsp3) is 0.0571. The zero-order valence-electron chi connectivity index (χ0n) is 25.4. The molecule has 11 nitrogen and oxygen atoms in total. The number of hydrogen-bond donors (Lipinski definition) is 1. The fourth-order valence-electron chi connectivity index (χ4n) is 6.23. The molecule has 5 heterocycles. The van der Waals surface area contributed by atoms with Gasteiger partial charge < -0.3 is 39.7 Å².